The van der Waals surface area contributed by atoms with Crippen molar-refractivity contribution < 1.29 is 9.53 Å². The van der Waals surface area contributed by atoms with Crippen molar-refractivity contribution in [3.05, 3.63) is 96.2 Å². The third-order valence-corrected chi connectivity index (χ3v) is 6.87. The summed E-state index contributed by atoms with van der Waals surface area (Å²) in [5, 5.41) is 7.84. The van der Waals surface area contributed by atoms with E-state index in [0.717, 1.165) is 56.2 Å². The van der Waals surface area contributed by atoms with E-state index in [-0.39, 0.29) is 5.91 Å². The molecule has 0 bridgehead atoms. The third-order valence-electron chi connectivity index (χ3n) is 6.87. The van der Waals surface area contributed by atoms with Crippen molar-refractivity contribution >= 4 is 11.6 Å². The Hall–Kier alpha value is -3.94. The minimum atomic E-state index is -0.216. The standard InChI is InChI=1S/C30H33N5O2/c1-3-33-17-19-34(20-18-33)21-23-13-15-24(16-14-23)31-30(36)27-22-35(25-9-5-4-6-10-25)32-29(27)26-11-7-8-12-28(26)37-2/h4-16,22H,3,17-21H2,1-2H3,(H,31,36). The van der Waals surface area contributed by atoms with Crippen LogP contribution in [0, 0.1) is 0 Å². The molecule has 7 nitrogen and oxygen atoms in total. The topological polar surface area (TPSA) is 62.6 Å². The number of ether oxygens (including phenoxy) is 1. The minimum Gasteiger partial charge on any atom is -0.496 e. The Bertz CT molecular complexity index is 1330. The van der Waals surface area contributed by atoms with Gasteiger partial charge in [-0.3, -0.25) is 9.69 Å². The number of piperazine rings is 1. The fourth-order valence-electron chi connectivity index (χ4n) is 4.71. The summed E-state index contributed by atoms with van der Waals surface area (Å²) in [5.74, 6) is 0.450. The molecule has 1 aromatic heterocycles. The highest BCUT2D eigenvalue weighted by atomic mass is 16.5. The largest absolute Gasteiger partial charge is 0.496 e. The average Bonchev–Trinajstić information content (AvgIpc) is 3.41. The molecule has 1 fully saturated rings. The van der Waals surface area contributed by atoms with Crippen LogP contribution in [-0.4, -0.2) is 65.3 Å². The number of hydrogen-bond acceptors (Lipinski definition) is 5. The molecule has 0 spiro atoms. The predicted molar refractivity (Wildman–Crippen MR) is 147 cm³/mol. The van der Waals surface area contributed by atoms with Gasteiger partial charge in [0.25, 0.3) is 5.91 Å². The SMILES string of the molecule is CCN1CCN(Cc2ccc(NC(=O)c3cn(-c4ccccc4)nc3-c3ccccc3OC)cc2)CC1. The van der Waals surface area contributed by atoms with Crippen molar-refractivity contribution in [2.24, 2.45) is 0 Å². The lowest BCUT2D eigenvalue weighted by Gasteiger charge is -2.34. The van der Waals surface area contributed by atoms with Gasteiger partial charge in [-0.2, -0.15) is 5.10 Å². The number of likely N-dealkylation sites (N-methyl/N-ethyl adjacent to an activating group) is 1. The molecule has 1 saturated heterocycles. The molecule has 1 aliphatic heterocycles. The van der Waals surface area contributed by atoms with E-state index in [2.05, 4.69) is 34.2 Å². The van der Waals surface area contributed by atoms with Crippen LogP contribution in [-0.2, 0) is 6.54 Å². The molecular formula is C30H33N5O2. The molecule has 0 saturated carbocycles. The van der Waals surface area contributed by atoms with Crippen molar-refractivity contribution in [3.8, 4) is 22.7 Å². The summed E-state index contributed by atoms with van der Waals surface area (Å²) in [6.07, 6.45) is 1.77. The van der Waals surface area contributed by atoms with Crippen LogP contribution < -0.4 is 10.1 Å². The average molecular weight is 496 g/mol. The van der Waals surface area contributed by atoms with Gasteiger partial charge in [-0.25, -0.2) is 4.68 Å². The zero-order chi connectivity index (χ0) is 25.6. The van der Waals surface area contributed by atoms with E-state index in [4.69, 9.17) is 9.84 Å². The van der Waals surface area contributed by atoms with Gasteiger partial charge in [0.15, 0.2) is 0 Å². The molecule has 0 aliphatic carbocycles. The maximum absolute atomic E-state index is 13.5. The van der Waals surface area contributed by atoms with Crippen molar-refractivity contribution in [2.45, 2.75) is 13.5 Å². The molecule has 2 heterocycles. The van der Waals surface area contributed by atoms with E-state index < -0.39 is 0 Å². The summed E-state index contributed by atoms with van der Waals surface area (Å²) in [5.41, 5.74) is 4.69. The van der Waals surface area contributed by atoms with E-state index in [1.54, 1.807) is 18.0 Å². The Morgan fingerprint density at radius 3 is 2.27 bits per heavy atom. The lowest BCUT2D eigenvalue weighted by atomic mass is 10.1. The first kappa shape index (κ1) is 24.7. The van der Waals surface area contributed by atoms with Gasteiger partial charge in [-0.1, -0.05) is 49.4 Å². The molecule has 5 rings (SSSR count). The highest BCUT2D eigenvalue weighted by molar-refractivity contribution is 6.08. The van der Waals surface area contributed by atoms with Gasteiger partial charge in [0.2, 0.25) is 0 Å². The Labute approximate surface area is 218 Å². The zero-order valence-electron chi connectivity index (χ0n) is 21.4. The van der Waals surface area contributed by atoms with Crippen molar-refractivity contribution in [3.63, 3.8) is 0 Å². The molecule has 3 aromatic carbocycles. The first-order valence-corrected chi connectivity index (χ1v) is 12.8. The van der Waals surface area contributed by atoms with E-state index in [0.29, 0.717) is 17.0 Å². The number of aromatic nitrogens is 2. The van der Waals surface area contributed by atoms with Gasteiger partial charge in [-0.05, 0) is 48.5 Å². The summed E-state index contributed by atoms with van der Waals surface area (Å²) < 4.78 is 7.30. The monoisotopic (exact) mass is 495 g/mol. The fourth-order valence-corrected chi connectivity index (χ4v) is 4.71. The van der Waals surface area contributed by atoms with Gasteiger partial charge < -0.3 is 15.0 Å². The molecule has 1 N–H and O–H groups in total. The van der Waals surface area contributed by atoms with Crippen LogP contribution in [0.2, 0.25) is 0 Å². The number of nitrogens with zero attached hydrogens (tertiary/aromatic N) is 4. The van der Waals surface area contributed by atoms with Crippen molar-refractivity contribution in [1.82, 2.24) is 19.6 Å². The van der Waals surface area contributed by atoms with Gasteiger partial charge in [-0.15, -0.1) is 0 Å². The van der Waals surface area contributed by atoms with E-state index >= 15 is 0 Å². The van der Waals surface area contributed by atoms with Crippen LogP contribution in [0.5, 0.6) is 5.75 Å². The second-order valence-corrected chi connectivity index (χ2v) is 9.23. The molecule has 0 unspecified atom stereocenters. The molecule has 1 amide bonds. The Morgan fingerprint density at radius 1 is 0.892 bits per heavy atom. The third kappa shape index (κ3) is 5.74. The second-order valence-electron chi connectivity index (χ2n) is 9.23. The lowest BCUT2D eigenvalue weighted by molar-refractivity contribution is 0.102. The number of carbonyl (C=O) groups is 1. The normalized spacial score (nSPS) is 14.4. The molecule has 4 aromatic rings. The summed E-state index contributed by atoms with van der Waals surface area (Å²) in [4.78, 5) is 18.5. The smallest absolute Gasteiger partial charge is 0.259 e. The van der Waals surface area contributed by atoms with Crippen LogP contribution in [0.3, 0.4) is 0 Å². The molecule has 7 heteroatoms. The summed E-state index contributed by atoms with van der Waals surface area (Å²) in [7, 11) is 1.62. The highest BCUT2D eigenvalue weighted by Crippen LogP contribution is 2.32. The quantitative estimate of drug-likeness (QED) is 0.375. The Balaban J connectivity index is 1.35. The molecule has 0 atom stereocenters. The number of amides is 1. The van der Waals surface area contributed by atoms with Gasteiger partial charge in [0.1, 0.15) is 11.4 Å². The van der Waals surface area contributed by atoms with Crippen LogP contribution in [0.1, 0.15) is 22.8 Å². The Kier molecular flexibility index (Phi) is 7.63. The molecule has 37 heavy (non-hydrogen) atoms. The van der Waals surface area contributed by atoms with E-state index in [1.165, 1.54) is 5.56 Å². The van der Waals surface area contributed by atoms with Gasteiger partial charge in [0, 0.05) is 50.2 Å². The van der Waals surface area contributed by atoms with Crippen LogP contribution in [0.25, 0.3) is 16.9 Å². The number of carbonyl (C=O) groups excluding carboxylic acids is 1. The Morgan fingerprint density at radius 2 is 1.57 bits per heavy atom. The number of hydrogen-bond donors (Lipinski definition) is 1. The molecule has 1 aliphatic rings. The number of anilines is 1. The number of benzene rings is 3. The van der Waals surface area contributed by atoms with E-state index in [9.17, 15) is 4.79 Å². The molecule has 0 radical (unpaired) electrons. The van der Waals surface area contributed by atoms with Crippen LogP contribution in [0.15, 0.2) is 85.1 Å². The molecule has 190 valence electrons. The van der Waals surface area contributed by atoms with E-state index in [1.807, 2.05) is 66.7 Å². The lowest BCUT2D eigenvalue weighted by Crippen LogP contribution is -2.45. The van der Waals surface area contributed by atoms with Crippen LogP contribution >= 0.6 is 0 Å². The summed E-state index contributed by atoms with van der Waals surface area (Å²) >= 11 is 0. The second kappa shape index (κ2) is 11.4. The van der Waals surface area contributed by atoms with Crippen LogP contribution in [0.4, 0.5) is 5.69 Å². The number of rotatable bonds is 8. The first-order chi connectivity index (χ1) is 18.1. The number of methoxy groups -OCH3 is 1. The highest BCUT2D eigenvalue weighted by Gasteiger charge is 2.21. The maximum atomic E-state index is 13.5. The van der Waals surface area contributed by atoms with Crippen molar-refractivity contribution in [1.29, 1.82) is 0 Å². The summed E-state index contributed by atoms with van der Waals surface area (Å²) in [6, 6.07) is 25.5. The zero-order valence-corrected chi connectivity index (χ0v) is 21.4. The van der Waals surface area contributed by atoms with Gasteiger partial charge >= 0.3 is 0 Å². The predicted octanol–water partition coefficient (Wildman–Crippen LogP) is 4.94. The summed E-state index contributed by atoms with van der Waals surface area (Å²) in [6.45, 7) is 8.67. The maximum Gasteiger partial charge on any atom is 0.259 e. The number of nitrogens with one attached hydrogen (secondary N) is 1. The van der Waals surface area contributed by atoms with Crippen molar-refractivity contribution in [2.75, 3.05) is 45.2 Å². The van der Waals surface area contributed by atoms with Gasteiger partial charge in [0.05, 0.1) is 18.4 Å². The first-order valence-electron chi connectivity index (χ1n) is 12.8. The molecular weight excluding hydrogens is 462 g/mol. The fraction of sp³-hybridized carbons (Fsp3) is 0.267. The number of para-hydroxylation sites is 2. The minimum absolute atomic E-state index is 0.216.